The van der Waals surface area contributed by atoms with Crippen LogP contribution in [0.2, 0.25) is 0 Å². The van der Waals surface area contributed by atoms with E-state index in [4.69, 9.17) is 9.47 Å². The molecule has 0 heterocycles. The summed E-state index contributed by atoms with van der Waals surface area (Å²) >= 11 is 0. The zero-order valence-corrected chi connectivity index (χ0v) is 24.2. The molecule has 0 aliphatic heterocycles. The third kappa shape index (κ3) is 7.87. The lowest BCUT2D eigenvalue weighted by molar-refractivity contribution is -0.143. The Bertz CT molecular complexity index is 1260. The Labute approximate surface area is 238 Å². The predicted octanol–water partition coefficient (Wildman–Crippen LogP) is 6.07. The maximum absolute atomic E-state index is 14.0. The summed E-state index contributed by atoms with van der Waals surface area (Å²) < 4.78 is 11.6. The van der Waals surface area contributed by atoms with Crippen molar-refractivity contribution in [1.82, 2.24) is 10.2 Å². The molecule has 0 saturated heterocycles. The Kier molecular flexibility index (Phi) is 9.86. The standard InChI is InChI=1S/C34H42N2O4/c1-34(2,3)29-19-10-11-20-31(29)40-24-32(37)36(23-26-15-12-18-28(21-26)39-4)30(22-25-13-6-5-7-14-25)33(38)35-27-16-8-9-17-27/h5-7,10-15,18-21,27,30H,8-9,16-17,22-24H2,1-4H3,(H,35,38)/t30-/m0/s1. The molecule has 3 aromatic rings. The van der Waals surface area contributed by atoms with Gasteiger partial charge in [0.1, 0.15) is 17.5 Å². The van der Waals surface area contributed by atoms with Gasteiger partial charge in [-0.15, -0.1) is 0 Å². The van der Waals surface area contributed by atoms with Crippen molar-refractivity contribution in [2.75, 3.05) is 13.7 Å². The number of nitrogens with one attached hydrogen (secondary N) is 1. The number of ether oxygens (including phenoxy) is 2. The quantitative estimate of drug-likeness (QED) is 0.319. The van der Waals surface area contributed by atoms with Crippen LogP contribution >= 0.6 is 0 Å². The van der Waals surface area contributed by atoms with Gasteiger partial charge in [0.2, 0.25) is 5.91 Å². The molecule has 40 heavy (non-hydrogen) atoms. The van der Waals surface area contributed by atoms with Gasteiger partial charge in [0.15, 0.2) is 6.61 Å². The van der Waals surface area contributed by atoms with E-state index in [1.54, 1.807) is 12.0 Å². The Hall–Kier alpha value is -3.80. The van der Waals surface area contributed by atoms with E-state index >= 15 is 0 Å². The van der Waals surface area contributed by atoms with E-state index in [0.717, 1.165) is 42.4 Å². The summed E-state index contributed by atoms with van der Waals surface area (Å²) in [4.78, 5) is 29.5. The van der Waals surface area contributed by atoms with Crippen molar-refractivity contribution < 1.29 is 19.1 Å². The Balaban J connectivity index is 1.65. The molecule has 1 saturated carbocycles. The number of hydrogen-bond donors (Lipinski definition) is 1. The minimum Gasteiger partial charge on any atom is -0.497 e. The Morgan fingerprint density at radius 2 is 1.60 bits per heavy atom. The van der Waals surface area contributed by atoms with Crippen LogP contribution in [0.15, 0.2) is 78.9 Å². The fourth-order valence-corrected chi connectivity index (χ4v) is 5.32. The van der Waals surface area contributed by atoms with Gasteiger partial charge < -0.3 is 19.7 Å². The van der Waals surface area contributed by atoms with E-state index in [1.165, 1.54) is 0 Å². The lowest BCUT2D eigenvalue weighted by atomic mass is 9.86. The van der Waals surface area contributed by atoms with E-state index in [9.17, 15) is 9.59 Å². The van der Waals surface area contributed by atoms with Gasteiger partial charge in [0.05, 0.1) is 7.11 Å². The summed E-state index contributed by atoms with van der Waals surface area (Å²) in [7, 11) is 1.62. The Morgan fingerprint density at radius 1 is 0.925 bits per heavy atom. The molecule has 0 bridgehead atoms. The number of methoxy groups -OCH3 is 1. The first kappa shape index (κ1) is 29.2. The molecule has 1 fully saturated rings. The van der Waals surface area contributed by atoms with Crippen LogP contribution in [0.5, 0.6) is 11.5 Å². The summed E-state index contributed by atoms with van der Waals surface area (Å²) in [6, 6.07) is 24.8. The highest BCUT2D eigenvalue weighted by atomic mass is 16.5. The average molecular weight is 543 g/mol. The van der Waals surface area contributed by atoms with Crippen LogP contribution in [0, 0.1) is 0 Å². The highest BCUT2D eigenvalue weighted by Gasteiger charge is 2.32. The van der Waals surface area contributed by atoms with Gasteiger partial charge >= 0.3 is 0 Å². The summed E-state index contributed by atoms with van der Waals surface area (Å²) in [5, 5.41) is 3.25. The third-order valence-electron chi connectivity index (χ3n) is 7.51. The van der Waals surface area contributed by atoms with Gasteiger partial charge in [0.25, 0.3) is 5.91 Å². The van der Waals surface area contributed by atoms with Crippen LogP contribution in [-0.2, 0) is 28.0 Å². The van der Waals surface area contributed by atoms with Crippen molar-refractivity contribution in [1.29, 1.82) is 0 Å². The Morgan fingerprint density at radius 3 is 2.30 bits per heavy atom. The van der Waals surface area contributed by atoms with E-state index in [-0.39, 0.29) is 36.4 Å². The number of hydrogen-bond acceptors (Lipinski definition) is 4. The lowest BCUT2D eigenvalue weighted by Gasteiger charge is -2.32. The first-order chi connectivity index (χ1) is 19.2. The molecule has 4 rings (SSSR count). The summed E-state index contributed by atoms with van der Waals surface area (Å²) in [6.07, 6.45) is 4.58. The molecule has 1 aliphatic carbocycles. The van der Waals surface area contributed by atoms with Gasteiger partial charge in [0, 0.05) is 19.0 Å². The summed E-state index contributed by atoms with van der Waals surface area (Å²) in [5.41, 5.74) is 2.77. The van der Waals surface area contributed by atoms with Crippen LogP contribution in [0.1, 0.15) is 63.1 Å². The van der Waals surface area contributed by atoms with Crippen LogP contribution < -0.4 is 14.8 Å². The van der Waals surface area contributed by atoms with Crippen molar-refractivity contribution in [2.45, 2.75) is 76.9 Å². The molecule has 6 heteroatoms. The van der Waals surface area contributed by atoms with Gasteiger partial charge in [-0.3, -0.25) is 9.59 Å². The highest BCUT2D eigenvalue weighted by molar-refractivity contribution is 5.88. The molecule has 1 aliphatic rings. The minimum atomic E-state index is -0.692. The second-order valence-corrected chi connectivity index (χ2v) is 11.6. The topological polar surface area (TPSA) is 67.9 Å². The summed E-state index contributed by atoms with van der Waals surface area (Å²) in [5.74, 6) is 1.02. The van der Waals surface area contributed by atoms with Crippen molar-refractivity contribution in [2.24, 2.45) is 0 Å². The van der Waals surface area contributed by atoms with Crippen molar-refractivity contribution in [3.63, 3.8) is 0 Å². The number of nitrogens with zero attached hydrogens (tertiary/aromatic N) is 1. The van der Waals surface area contributed by atoms with E-state index in [1.807, 2.05) is 78.9 Å². The molecular weight excluding hydrogens is 500 g/mol. The van der Waals surface area contributed by atoms with Crippen LogP contribution in [0.4, 0.5) is 0 Å². The first-order valence-electron chi connectivity index (χ1n) is 14.2. The lowest BCUT2D eigenvalue weighted by Crippen LogP contribution is -2.53. The number of carbonyl (C=O) groups is 2. The molecule has 1 N–H and O–H groups in total. The number of carbonyl (C=O) groups excluding carboxylic acids is 2. The van der Waals surface area contributed by atoms with E-state index in [0.29, 0.717) is 17.9 Å². The van der Waals surface area contributed by atoms with Crippen LogP contribution in [-0.4, -0.2) is 42.5 Å². The molecular formula is C34H42N2O4. The zero-order chi connectivity index (χ0) is 28.5. The van der Waals surface area contributed by atoms with Gasteiger partial charge in [-0.05, 0) is 53.1 Å². The zero-order valence-electron chi connectivity index (χ0n) is 24.2. The molecule has 0 spiro atoms. The molecule has 1 atom stereocenters. The molecule has 6 nitrogen and oxygen atoms in total. The molecule has 0 aromatic heterocycles. The number of benzene rings is 3. The van der Waals surface area contributed by atoms with E-state index in [2.05, 4.69) is 26.1 Å². The van der Waals surface area contributed by atoms with Gasteiger partial charge in [-0.2, -0.15) is 0 Å². The second-order valence-electron chi connectivity index (χ2n) is 11.6. The molecule has 0 unspecified atom stereocenters. The van der Waals surface area contributed by atoms with Crippen LogP contribution in [0.25, 0.3) is 0 Å². The third-order valence-corrected chi connectivity index (χ3v) is 7.51. The molecule has 212 valence electrons. The fourth-order valence-electron chi connectivity index (χ4n) is 5.32. The predicted molar refractivity (Wildman–Crippen MR) is 159 cm³/mol. The SMILES string of the molecule is COc1cccc(CN(C(=O)COc2ccccc2C(C)(C)C)[C@@H](Cc2ccccc2)C(=O)NC2CCCC2)c1. The van der Waals surface area contributed by atoms with Crippen LogP contribution in [0.3, 0.4) is 0 Å². The largest absolute Gasteiger partial charge is 0.497 e. The minimum absolute atomic E-state index is 0.123. The van der Waals surface area contributed by atoms with Crippen molar-refractivity contribution in [3.8, 4) is 11.5 Å². The highest BCUT2D eigenvalue weighted by Crippen LogP contribution is 2.31. The van der Waals surface area contributed by atoms with E-state index < -0.39 is 6.04 Å². The molecule has 3 aromatic carbocycles. The summed E-state index contributed by atoms with van der Waals surface area (Å²) in [6.45, 7) is 6.45. The normalized spacial score (nSPS) is 14.4. The number of para-hydroxylation sites is 1. The van der Waals surface area contributed by atoms with Gasteiger partial charge in [-0.1, -0.05) is 94.3 Å². The molecule has 0 radical (unpaired) electrons. The fraction of sp³-hybridized carbons (Fsp3) is 0.412. The van der Waals surface area contributed by atoms with Crippen molar-refractivity contribution >= 4 is 11.8 Å². The first-order valence-corrected chi connectivity index (χ1v) is 14.2. The smallest absolute Gasteiger partial charge is 0.261 e. The van der Waals surface area contributed by atoms with Crippen molar-refractivity contribution in [3.05, 3.63) is 95.6 Å². The monoisotopic (exact) mass is 542 g/mol. The number of rotatable bonds is 11. The average Bonchev–Trinajstić information content (AvgIpc) is 3.47. The molecule has 2 amide bonds. The van der Waals surface area contributed by atoms with Gasteiger partial charge in [-0.25, -0.2) is 0 Å². The maximum Gasteiger partial charge on any atom is 0.261 e. The second kappa shape index (κ2) is 13.5. The number of amides is 2. The maximum atomic E-state index is 14.0.